The van der Waals surface area contributed by atoms with E-state index >= 15 is 0 Å². The molecule has 0 saturated carbocycles. The van der Waals surface area contributed by atoms with E-state index in [2.05, 4.69) is 0 Å². The van der Waals surface area contributed by atoms with Crippen LogP contribution >= 0.6 is 11.3 Å². The molecule has 8 aromatic rings. The molecule has 172 valence electrons. The monoisotopic (exact) mass is 507 g/mol. The molecule has 0 aliphatic heterocycles. The van der Waals surface area contributed by atoms with Gasteiger partial charge < -0.3 is 0 Å². The van der Waals surface area contributed by atoms with Gasteiger partial charge in [0.25, 0.3) is 0 Å². The van der Waals surface area contributed by atoms with Gasteiger partial charge in [-0.3, -0.25) is 0 Å². The first-order chi connectivity index (χ1) is 27.1. The fourth-order valence-corrected chi connectivity index (χ4v) is 5.57. The third-order valence-electron chi connectivity index (χ3n) is 6.13. The molecule has 0 spiro atoms. The van der Waals surface area contributed by atoms with Crippen LogP contribution in [0.1, 0.15) is 28.8 Å². The number of rotatable bonds is 2. The lowest BCUT2D eigenvalue weighted by molar-refractivity contribution is 1.69. The zero-order valence-corrected chi connectivity index (χ0v) is 19.3. The summed E-state index contributed by atoms with van der Waals surface area (Å²) in [6.07, 6.45) is 0. The smallest absolute Gasteiger partial charge is 0.0644 e. The Bertz CT molecular complexity index is 3210. The van der Waals surface area contributed by atoms with Crippen LogP contribution in [-0.4, -0.2) is 0 Å². The van der Waals surface area contributed by atoms with Crippen molar-refractivity contribution < 1.29 is 28.8 Å². The van der Waals surface area contributed by atoms with Gasteiger partial charge in [-0.1, -0.05) is 121 Å². The molecule has 0 bridgehead atoms. The first-order valence-corrected chi connectivity index (χ1v) is 11.8. The SMILES string of the molecule is [2H]c1cc([2H])c2c([2H])c([2H])c([2H])c([2H])c2c1-c1c2c([2H])c([2H])c([2H])c([2H])c2c(-c2c([2H])c([2H])c3c(sc4c([2H])c([2H])c([2H])c([2H])c43)c2[2H])c2c([2H])c([2H])c([2H])c([2H])c12. The Balaban J connectivity index is 1.76. The molecule has 0 radical (unpaired) electrons. The molecule has 0 aliphatic carbocycles. The van der Waals surface area contributed by atoms with Crippen LogP contribution in [0.3, 0.4) is 0 Å². The third-order valence-corrected chi connectivity index (χ3v) is 7.15. The lowest BCUT2D eigenvalue weighted by Gasteiger charge is -2.18. The van der Waals surface area contributed by atoms with Gasteiger partial charge in [0.15, 0.2) is 0 Å². The van der Waals surface area contributed by atoms with E-state index in [0.29, 0.717) is 11.3 Å². The third kappa shape index (κ3) is 3.08. The van der Waals surface area contributed by atoms with Crippen LogP contribution in [0.2, 0.25) is 0 Å². The summed E-state index contributed by atoms with van der Waals surface area (Å²) >= 11 is 0.713. The van der Waals surface area contributed by atoms with Crippen LogP contribution in [-0.2, 0) is 0 Å². The Hall–Kier alpha value is -4.46. The predicted octanol–water partition coefficient (Wildman–Crippen LogP) is 10.8. The highest BCUT2D eigenvalue weighted by molar-refractivity contribution is 7.25. The molecule has 1 aromatic heterocycles. The van der Waals surface area contributed by atoms with Crippen LogP contribution in [0.4, 0.5) is 0 Å². The molecular weight excluding hydrogens is 464 g/mol. The van der Waals surface area contributed by atoms with Crippen molar-refractivity contribution in [2.75, 3.05) is 0 Å². The van der Waals surface area contributed by atoms with Gasteiger partial charge in [0.05, 0.1) is 28.8 Å². The molecule has 0 amide bonds. The van der Waals surface area contributed by atoms with E-state index in [4.69, 9.17) is 19.2 Å². The summed E-state index contributed by atoms with van der Waals surface area (Å²) < 4.78 is 186. The number of benzene rings is 7. The number of hydrogen-bond donors (Lipinski definition) is 0. The maximum Gasteiger partial charge on any atom is 0.0644 e. The molecule has 0 atom stereocenters. The molecule has 37 heavy (non-hydrogen) atoms. The van der Waals surface area contributed by atoms with Crippen molar-refractivity contribution in [2.24, 2.45) is 0 Å². The molecule has 8 rings (SSSR count). The molecule has 0 aliphatic rings. The second-order valence-corrected chi connectivity index (χ2v) is 9.09. The standard InChI is InChI=1S/C36H22S/c1-2-12-25-23(10-1)11-9-18-28(25)36-31-16-5-3-14-29(31)35(30-15-4-6-17-32(30)36)24-20-21-27-26-13-7-8-19-33(26)37-34(27)22-24/h1-22H/i1D,2D,3D,4D,5D,6D,7D,8D,10D,11D,12D,13D,14D,15D,16D,17D,18D,19D,20D,21D,22D. The zero-order chi connectivity index (χ0) is 42.6. The van der Waals surface area contributed by atoms with Crippen molar-refractivity contribution in [3.8, 4) is 22.3 Å². The van der Waals surface area contributed by atoms with Crippen LogP contribution in [0.5, 0.6) is 0 Å². The van der Waals surface area contributed by atoms with E-state index in [0.717, 1.165) is 6.07 Å². The van der Waals surface area contributed by atoms with Crippen molar-refractivity contribution in [2.45, 2.75) is 0 Å². The quantitative estimate of drug-likeness (QED) is 0.204. The van der Waals surface area contributed by atoms with E-state index < -0.39 is 176 Å². The molecular formula is C36H22S. The number of hydrogen-bond acceptors (Lipinski definition) is 1. The average molecular weight is 508 g/mol. The van der Waals surface area contributed by atoms with Gasteiger partial charge in [0.1, 0.15) is 0 Å². The summed E-state index contributed by atoms with van der Waals surface area (Å²) in [5.41, 5.74) is -1.94. The zero-order valence-electron chi connectivity index (χ0n) is 39.5. The number of fused-ring (bicyclic) bond motifs is 6. The first kappa shape index (κ1) is 8.83. The Kier molecular flexibility index (Phi) is 1.92. The van der Waals surface area contributed by atoms with Crippen molar-refractivity contribution in [1.29, 1.82) is 0 Å². The lowest BCUT2D eigenvalue weighted by Crippen LogP contribution is -1.91. The molecule has 0 unspecified atom stereocenters. The summed E-state index contributed by atoms with van der Waals surface area (Å²) in [6.45, 7) is 0. The fraction of sp³-hybridized carbons (Fsp3) is 0. The van der Waals surface area contributed by atoms with Crippen LogP contribution < -0.4 is 0 Å². The molecule has 1 heterocycles. The van der Waals surface area contributed by atoms with Gasteiger partial charge in [0, 0.05) is 20.2 Å². The second kappa shape index (κ2) is 8.03. The molecule has 0 N–H and O–H groups in total. The topological polar surface area (TPSA) is 0 Å². The maximum absolute atomic E-state index is 9.54. The minimum absolute atomic E-state index is 0.0364. The van der Waals surface area contributed by atoms with Gasteiger partial charge >= 0.3 is 0 Å². The molecule has 1 heteroatoms. The Labute approximate surface area is 248 Å². The second-order valence-electron chi connectivity index (χ2n) is 8.07. The van der Waals surface area contributed by atoms with E-state index in [-0.39, 0.29) is 25.6 Å². The highest BCUT2D eigenvalue weighted by Crippen LogP contribution is 2.46. The number of thiophene rings is 1. The Morgan fingerprint density at radius 1 is 0.432 bits per heavy atom. The Morgan fingerprint density at radius 2 is 1.00 bits per heavy atom. The van der Waals surface area contributed by atoms with Crippen molar-refractivity contribution in [1.82, 2.24) is 0 Å². The summed E-state index contributed by atoms with van der Waals surface area (Å²) in [5, 5.41) is -3.19. The van der Waals surface area contributed by atoms with E-state index in [1.54, 1.807) is 0 Å². The van der Waals surface area contributed by atoms with Gasteiger partial charge in [-0.05, 0) is 66.7 Å². The summed E-state index contributed by atoms with van der Waals surface area (Å²) in [4.78, 5) is 0. The van der Waals surface area contributed by atoms with Crippen LogP contribution in [0.25, 0.3) is 74.7 Å². The van der Waals surface area contributed by atoms with E-state index in [1.165, 1.54) is 0 Å². The Morgan fingerprint density at radius 3 is 1.73 bits per heavy atom. The highest BCUT2D eigenvalue weighted by Gasteiger charge is 2.18. The molecule has 7 aromatic carbocycles. The maximum atomic E-state index is 9.54. The molecule has 0 fully saturated rings. The van der Waals surface area contributed by atoms with Crippen molar-refractivity contribution >= 4 is 63.8 Å². The minimum Gasteiger partial charge on any atom is -0.135 e. The average Bonchev–Trinajstić information content (AvgIpc) is 3.60. The van der Waals surface area contributed by atoms with E-state index in [1.807, 2.05) is 0 Å². The predicted molar refractivity (Wildman–Crippen MR) is 163 cm³/mol. The van der Waals surface area contributed by atoms with Gasteiger partial charge in [-0.2, -0.15) is 0 Å². The molecule has 0 nitrogen and oxygen atoms in total. The normalized spacial score (nSPS) is 19.7. The van der Waals surface area contributed by atoms with Crippen molar-refractivity contribution in [3.05, 3.63) is 133 Å². The first-order valence-electron chi connectivity index (χ1n) is 21.5. The largest absolute Gasteiger partial charge is 0.135 e. The minimum atomic E-state index is -0.847. The summed E-state index contributed by atoms with van der Waals surface area (Å²) in [6, 6.07) is -14.0. The van der Waals surface area contributed by atoms with Gasteiger partial charge in [-0.25, -0.2) is 0 Å². The summed E-state index contributed by atoms with van der Waals surface area (Å²) in [5.74, 6) is 0. The lowest BCUT2D eigenvalue weighted by atomic mass is 9.84. The molecule has 0 saturated heterocycles. The van der Waals surface area contributed by atoms with E-state index in [9.17, 15) is 9.60 Å². The summed E-state index contributed by atoms with van der Waals surface area (Å²) in [7, 11) is 0. The van der Waals surface area contributed by atoms with Gasteiger partial charge in [-0.15, -0.1) is 11.3 Å². The van der Waals surface area contributed by atoms with Gasteiger partial charge in [0.2, 0.25) is 0 Å². The van der Waals surface area contributed by atoms with Crippen molar-refractivity contribution in [3.63, 3.8) is 0 Å². The fourth-order valence-electron chi connectivity index (χ4n) is 4.61. The van der Waals surface area contributed by atoms with Crippen LogP contribution in [0.15, 0.2) is 133 Å². The highest BCUT2D eigenvalue weighted by atomic mass is 32.1. The van der Waals surface area contributed by atoms with Crippen LogP contribution in [0, 0.1) is 0 Å².